The van der Waals surface area contributed by atoms with Crippen molar-refractivity contribution in [2.45, 2.75) is 12.2 Å². The second-order valence-corrected chi connectivity index (χ2v) is 11.0. The number of amides is 1. The summed E-state index contributed by atoms with van der Waals surface area (Å²) in [6.45, 7) is 1.21. The molecule has 1 aromatic carbocycles. The molecule has 2 aliphatic rings. The summed E-state index contributed by atoms with van der Waals surface area (Å²) in [6, 6.07) is 4.48. The largest absolute Gasteiger partial charge is 0.441 e. The Kier molecular flexibility index (Phi) is 8.70. The summed E-state index contributed by atoms with van der Waals surface area (Å²) in [5.74, 6) is -0.474. The Labute approximate surface area is 197 Å². The number of morpholine rings is 1. The molecule has 2 unspecified atom stereocenters. The van der Waals surface area contributed by atoms with Gasteiger partial charge in [-0.3, -0.25) is 13.3 Å². The van der Waals surface area contributed by atoms with Gasteiger partial charge in [-0.15, -0.1) is 0 Å². The highest BCUT2D eigenvalue weighted by atomic mass is 32.2. The van der Waals surface area contributed by atoms with Gasteiger partial charge in [-0.05, 0) is 18.2 Å². The maximum absolute atomic E-state index is 14.7. The Morgan fingerprint density at radius 3 is 2.44 bits per heavy atom. The number of cyclic esters (lactones) is 1. The smallest absolute Gasteiger partial charge is 0.414 e. The molecule has 1 aromatic rings. The molecule has 0 aliphatic carbocycles. The lowest BCUT2D eigenvalue weighted by Crippen LogP contribution is -2.36. The van der Waals surface area contributed by atoms with Gasteiger partial charge < -0.3 is 19.1 Å². The molecule has 0 saturated carbocycles. The van der Waals surface area contributed by atoms with Crippen LogP contribution in [0, 0.1) is 5.82 Å². The fraction of sp³-hybridized carbons (Fsp3) is 0.632. The van der Waals surface area contributed by atoms with Crippen LogP contribution in [0.2, 0.25) is 0 Å². The van der Waals surface area contributed by atoms with E-state index in [1.807, 2.05) is 4.90 Å². The van der Waals surface area contributed by atoms with Crippen molar-refractivity contribution in [1.82, 2.24) is 0 Å². The van der Waals surface area contributed by atoms with Crippen LogP contribution in [-0.4, -0.2) is 100 Å². The Balaban J connectivity index is 1.55. The Hall–Kier alpha value is -2.04. The molecule has 3 rings (SSSR count). The van der Waals surface area contributed by atoms with Crippen LogP contribution in [-0.2, 0) is 42.8 Å². The van der Waals surface area contributed by atoms with Crippen molar-refractivity contribution in [3.8, 4) is 0 Å². The lowest BCUT2D eigenvalue weighted by Gasteiger charge is -2.29. The van der Waals surface area contributed by atoms with Crippen molar-refractivity contribution in [2.24, 2.45) is 0 Å². The van der Waals surface area contributed by atoms with Crippen molar-refractivity contribution in [2.75, 3.05) is 75.0 Å². The molecule has 0 bridgehead atoms. The third-order valence-corrected chi connectivity index (χ3v) is 6.04. The lowest BCUT2D eigenvalue weighted by molar-refractivity contribution is -0.00211. The van der Waals surface area contributed by atoms with Gasteiger partial charge in [-0.1, -0.05) is 0 Å². The summed E-state index contributed by atoms with van der Waals surface area (Å²) in [5.41, 5.74) is 0.745. The van der Waals surface area contributed by atoms with Gasteiger partial charge in [-0.25, -0.2) is 9.18 Å². The van der Waals surface area contributed by atoms with E-state index in [1.165, 1.54) is 11.0 Å². The molecule has 0 N–H and O–H groups in total. The van der Waals surface area contributed by atoms with E-state index in [0.29, 0.717) is 37.7 Å². The molecule has 0 radical (unpaired) electrons. The normalized spacial score (nSPS) is 20.4. The summed E-state index contributed by atoms with van der Waals surface area (Å²) in [6.07, 6.45) is -1.00. The Morgan fingerprint density at radius 1 is 1.12 bits per heavy atom. The molecule has 1 amide bonds. The molecule has 0 spiro atoms. The van der Waals surface area contributed by atoms with Crippen LogP contribution >= 0.6 is 0 Å². The number of carbonyl (C=O) groups is 1. The van der Waals surface area contributed by atoms with Gasteiger partial charge in [0.05, 0.1) is 63.5 Å². The van der Waals surface area contributed by atoms with Gasteiger partial charge in [0.25, 0.3) is 20.2 Å². The number of hydrogen-bond acceptors (Lipinski definition) is 11. The third-order valence-electron chi connectivity index (χ3n) is 4.86. The molecular weight excluding hydrogens is 499 g/mol. The zero-order valence-corrected chi connectivity index (χ0v) is 20.3. The number of ether oxygens (including phenoxy) is 3. The van der Waals surface area contributed by atoms with Gasteiger partial charge in [0.15, 0.2) is 0 Å². The zero-order chi connectivity index (χ0) is 24.9. The highest BCUT2D eigenvalue weighted by Gasteiger charge is 2.33. The van der Waals surface area contributed by atoms with Crippen molar-refractivity contribution in [3.63, 3.8) is 0 Å². The maximum atomic E-state index is 14.7. The average Bonchev–Trinajstić information content (AvgIpc) is 3.11. The van der Waals surface area contributed by atoms with Crippen LogP contribution in [0.1, 0.15) is 0 Å². The molecule has 2 saturated heterocycles. The van der Waals surface area contributed by atoms with E-state index < -0.39 is 51.0 Å². The summed E-state index contributed by atoms with van der Waals surface area (Å²) >= 11 is 0. The first kappa shape index (κ1) is 26.6. The second kappa shape index (κ2) is 11.1. The van der Waals surface area contributed by atoms with E-state index in [4.69, 9.17) is 18.4 Å². The molecule has 0 aromatic heterocycles. The summed E-state index contributed by atoms with van der Waals surface area (Å²) < 4.78 is 85.0. The predicted molar refractivity (Wildman–Crippen MR) is 118 cm³/mol. The zero-order valence-electron chi connectivity index (χ0n) is 18.7. The number of benzene rings is 1. The Bertz CT molecular complexity index is 1080. The molecule has 15 heteroatoms. The maximum Gasteiger partial charge on any atom is 0.414 e. The molecule has 2 heterocycles. The average molecular weight is 527 g/mol. The van der Waals surface area contributed by atoms with E-state index in [0.717, 1.165) is 12.5 Å². The van der Waals surface area contributed by atoms with Crippen LogP contribution in [0.25, 0.3) is 0 Å². The second-order valence-electron chi connectivity index (χ2n) is 7.80. The van der Waals surface area contributed by atoms with Gasteiger partial charge in [-0.2, -0.15) is 16.8 Å². The summed E-state index contributed by atoms with van der Waals surface area (Å²) in [4.78, 5) is 15.4. The summed E-state index contributed by atoms with van der Waals surface area (Å²) in [7, 11) is -7.73. The molecule has 34 heavy (non-hydrogen) atoms. The predicted octanol–water partition coefficient (Wildman–Crippen LogP) is 0.325. The topological polar surface area (TPSA) is 138 Å². The number of anilines is 2. The fourth-order valence-electron chi connectivity index (χ4n) is 3.42. The fourth-order valence-corrected chi connectivity index (χ4v) is 4.43. The van der Waals surface area contributed by atoms with Crippen molar-refractivity contribution in [3.05, 3.63) is 24.0 Å². The molecule has 2 aliphatic heterocycles. The first-order chi connectivity index (χ1) is 15.9. The molecule has 2 atom stereocenters. The minimum atomic E-state index is -3.90. The van der Waals surface area contributed by atoms with Crippen LogP contribution < -0.4 is 9.80 Å². The minimum absolute atomic E-state index is 0.0760. The van der Waals surface area contributed by atoms with E-state index in [2.05, 4.69) is 4.18 Å². The van der Waals surface area contributed by atoms with Gasteiger partial charge in [0.2, 0.25) is 0 Å². The number of hydrogen-bond donors (Lipinski definition) is 0. The van der Waals surface area contributed by atoms with E-state index in [1.54, 1.807) is 12.1 Å². The van der Waals surface area contributed by atoms with Crippen LogP contribution in [0.15, 0.2) is 18.2 Å². The van der Waals surface area contributed by atoms with E-state index in [9.17, 15) is 26.0 Å². The van der Waals surface area contributed by atoms with Crippen LogP contribution in [0.3, 0.4) is 0 Å². The Morgan fingerprint density at radius 2 is 1.82 bits per heavy atom. The van der Waals surface area contributed by atoms with E-state index >= 15 is 0 Å². The van der Waals surface area contributed by atoms with Crippen LogP contribution in [0.4, 0.5) is 20.6 Å². The number of rotatable bonds is 11. The van der Waals surface area contributed by atoms with Gasteiger partial charge >= 0.3 is 6.09 Å². The van der Waals surface area contributed by atoms with Crippen molar-refractivity contribution in [1.29, 1.82) is 0 Å². The van der Waals surface area contributed by atoms with Gasteiger partial charge in [0.1, 0.15) is 18.0 Å². The number of halogens is 1. The first-order valence-electron chi connectivity index (χ1n) is 10.3. The molecule has 2 fully saturated rings. The van der Waals surface area contributed by atoms with E-state index in [-0.39, 0.29) is 19.8 Å². The standard InChI is InChI=1S/C19H27FN2O10S2/c1-33(24,25)30-13-16(32-34(2,26)27)12-29-11-15-10-22(19(23)31-15)14-3-4-18(17(20)9-14)21-5-7-28-8-6-21/h3-4,9,15-16H,5-8,10-13H2,1-2H3. The quantitative estimate of drug-likeness (QED) is 0.369. The molecule has 12 nitrogen and oxygen atoms in total. The summed E-state index contributed by atoms with van der Waals surface area (Å²) in [5, 5.41) is 0. The van der Waals surface area contributed by atoms with Crippen LogP contribution in [0.5, 0.6) is 0 Å². The SMILES string of the molecule is CS(=O)(=O)OCC(COCC1CN(c2ccc(N3CCOCC3)c(F)c2)C(=O)O1)OS(C)(=O)=O. The molecular formula is C19H27FN2O10S2. The highest BCUT2D eigenvalue weighted by molar-refractivity contribution is 7.86. The monoisotopic (exact) mass is 526 g/mol. The first-order valence-corrected chi connectivity index (χ1v) is 14.0. The minimum Gasteiger partial charge on any atom is -0.441 e. The van der Waals surface area contributed by atoms with Crippen molar-refractivity contribution < 1.29 is 48.6 Å². The number of nitrogens with zero attached hydrogens (tertiary/aromatic N) is 2. The van der Waals surface area contributed by atoms with Crippen molar-refractivity contribution >= 4 is 37.7 Å². The van der Waals surface area contributed by atoms with Gasteiger partial charge in [0, 0.05) is 13.1 Å². The third kappa shape index (κ3) is 8.02. The highest BCUT2D eigenvalue weighted by Crippen LogP contribution is 2.28. The molecule has 192 valence electrons. The lowest BCUT2D eigenvalue weighted by atomic mass is 10.2. The number of carbonyl (C=O) groups excluding carboxylic acids is 1.